The minimum absolute atomic E-state index is 0.0143. The molecule has 0 bridgehead atoms. The quantitative estimate of drug-likeness (QED) is 0.151. The van der Waals surface area contributed by atoms with Crippen molar-refractivity contribution < 1.29 is 0 Å². The molecule has 3 heteroatoms. The summed E-state index contributed by atoms with van der Waals surface area (Å²) in [6.45, 7) is 27.9. The number of benzene rings is 6. The third-order valence-electron chi connectivity index (χ3n) is 12.8. The van der Waals surface area contributed by atoms with Crippen LogP contribution >= 0.6 is 0 Å². The first kappa shape index (κ1) is 33.5. The van der Waals surface area contributed by atoms with Gasteiger partial charge >= 0.3 is 6.85 Å². The largest absolute Gasteiger partial charge is 0.375 e. The summed E-state index contributed by atoms with van der Waals surface area (Å²) in [5.41, 5.74) is 23.0. The third kappa shape index (κ3) is 4.48. The van der Waals surface area contributed by atoms with Crippen molar-refractivity contribution in [3.8, 4) is 27.9 Å². The standard InChI is InChI=1S/C51H51BN2/c1-28-20-29(2)45(30(3)21-28)31-22-38-40-27-34(51(10,11)12)26-39-37-25-33(50(7,8)9)17-19-43(37)54(47(39)40)52-41-15-13-14-35-36-24-32(49(4,5)6)16-18-42(36)53(48(35)41)44(23-31)46(38)52/h13-27H,1-12H3. The van der Waals surface area contributed by atoms with E-state index in [-0.39, 0.29) is 23.1 Å². The molecule has 0 unspecified atom stereocenters. The highest BCUT2D eigenvalue weighted by molar-refractivity contribution is 6.90. The van der Waals surface area contributed by atoms with E-state index in [1.54, 1.807) is 0 Å². The van der Waals surface area contributed by atoms with Gasteiger partial charge in [0.25, 0.3) is 0 Å². The van der Waals surface area contributed by atoms with Crippen LogP contribution in [-0.4, -0.2) is 15.9 Å². The van der Waals surface area contributed by atoms with Crippen molar-refractivity contribution in [3.05, 3.63) is 124 Å². The van der Waals surface area contributed by atoms with Gasteiger partial charge < -0.3 is 9.05 Å². The third-order valence-corrected chi connectivity index (χ3v) is 12.8. The van der Waals surface area contributed by atoms with Gasteiger partial charge in [-0.2, -0.15) is 0 Å². The van der Waals surface area contributed by atoms with Gasteiger partial charge in [0.2, 0.25) is 0 Å². The summed E-state index contributed by atoms with van der Waals surface area (Å²) in [7, 11) is 0. The average Bonchev–Trinajstić information content (AvgIpc) is 3.60. The second kappa shape index (κ2) is 10.6. The zero-order valence-corrected chi connectivity index (χ0v) is 34.1. The molecule has 0 spiro atoms. The van der Waals surface area contributed by atoms with Crippen molar-refractivity contribution in [2.24, 2.45) is 0 Å². The van der Waals surface area contributed by atoms with Crippen molar-refractivity contribution in [1.29, 1.82) is 0 Å². The summed E-state index contributed by atoms with van der Waals surface area (Å²) in [5.74, 6) is 0. The van der Waals surface area contributed by atoms with Crippen LogP contribution in [0.3, 0.4) is 0 Å². The van der Waals surface area contributed by atoms with Gasteiger partial charge in [-0.3, -0.25) is 0 Å². The summed E-state index contributed by atoms with van der Waals surface area (Å²) in [5, 5.41) is 5.40. The first-order chi connectivity index (χ1) is 25.4. The van der Waals surface area contributed by atoms with E-state index >= 15 is 0 Å². The summed E-state index contributed by atoms with van der Waals surface area (Å²) in [6.07, 6.45) is 0. The lowest BCUT2D eigenvalue weighted by Crippen LogP contribution is -2.55. The summed E-state index contributed by atoms with van der Waals surface area (Å²) in [4.78, 5) is 0. The van der Waals surface area contributed by atoms with Crippen LogP contribution in [0.5, 0.6) is 0 Å². The van der Waals surface area contributed by atoms with Crippen LogP contribution in [0.1, 0.15) is 95.7 Å². The van der Waals surface area contributed by atoms with Crippen LogP contribution in [0.25, 0.3) is 71.6 Å². The van der Waals surface area contributed by atoms with E-state index < -0.39 is 0 Å². The Bertz CT molecular complexity index is 2940. The molecule has 54 heavy (non-hydrogen) atoms. The van der Waals surface area contributed by atoms with Crippen molar-refractivity contribution in [2.75, 3.05) is 0 Å². The van der Waals surface area contributed by atoms with Crippen LogP contribution in [0.4, 0.5) is 0 Å². The molecule has 0 fully saturated rings. The Morgan fingerprint density at radius 2 is 1.09 bits per heavy atom. The molecule has 10 rings (SSSR count). The van der Waals surface area contributed by atoms with E-state index in [0.29, 0.717) is 0 Å². The number of para-hydroxylation sites is 1. The van der Waals surface area contributed by atoms with Crippen molar-refractivity contribution in [2.45, 2.75) is 99.3 Å². The predicted molar refractivity (Wildman–Crippen MR) is 235 cm³/mol. The Morgan fingerprint density at radius 1 is 0.500 bits per heavy atom. The van der Waals surface area contributed by atoms with Gasteiger partial charge in [0, 0.05) is 43.8 Å². The molecule has 0 saturated heterocycles. The van der Waals surface area contributed by atoms with Crippen molar-refractivity contribution in [1.82, 2.24) is 9.05 Å². The molecule has 4 heterocycles. The van der Waals surface area contributed by atoms with E-state index in [2.05, 4.69) is 183 Å². The molecular formula is C51H51BN2. The van der Waals surface area contributed by atoms with Gasteiger partial charge in [0.05, 0.1) is 11.0 Å². The summed E-state index contributed by atoms with van der Waals surface area (Å²) >= 11 is 0. The zero-order chi connectivity index (χ0) is 38.0. The maximum Gasteiger partial charge on any atom is 0.333 e. The van der Waals surface area contributed by atoms with E-state index in [1.165, 1.54) is 116 Å². The summed E-state index contributed by atoms with van der Waals surface area (Å²) < 4.78 is 5.35. The van der Waals surface area contributed by atoms with Crippen molar-refractivity contribution in [3.63, 3.8) is 0 Å². The van der Waals surface area contributed by atoms with Gasteiger partial charge in [-0.15, -0.1) is 0 Å². The molecule has 0 amide bonds. The number of hydrogen-bond donors (Lipinski definition) is 0. The minimum atomic E-state index is -0.0143. The molecule has 0 N–H and O–H groups in total. The van der Waals surface area contributed by atoms with Crippen LogP contribution < -0.4 is 10.9 Å². The molecule has 2 nitrogen and oxygen atoms in total. The monoisotopic (exact) mass is 702 g/mol. The number of nitrogens with zero attached hydrogens (tertiary/aromatic N) is 2. The Balaban J connectivity index is 1.44. The van der Waals surface area contributed by atoms with Crippen LogP contribution in [-0.2, 0) is 16.2 Å². The molecule has 2 aromatic heterocycles. The van der Waals surface area contributed by atoms with Crippen molar-refractivity contribution >= 4 is 61.4 Å². The van der Waals surface area contributed by atoms with E-state index in [0.717, 1.165) is 0 Å². The smallest absolute Gasteiger partial charge is 0.333 e. The fourth-order valence-electron chi connectivity index (χ4n) is 10.1. The highest BCUT2D eigenvalue weighted by atomic mass is 15.0. The highest BCUT2D eigenvalue weighted by Crippen LogP contribution is 2.47. The zero-order valence-electron chi connectivity index (χ0n) is 34.1. The molecule has 8 aromatic rings. The van der Waals surface area contributed by atoms with Gasteiger partial charge in [0.15, 0.2) is 0 Å². The lowest BCUT2D eigenvalue weighted by atomic mass is 9.45. The van der Waals surface area contributed by atoms with Crippen LogP contribution in [0.15, 0.2) is 91.0 Å². The maximum atomic E-state index is 2.73. The van der Waals surface area contributed by atoms with E-state index in [9.17, 15) is 0 Å². The SMILES string of the molecule is Cc1cc(C)c(-c2cc3c4c(c2)-n2c5ccc(C(C)(C)C)cc5c5cccc(c52)B4n2c4ccc(C(C)(C)C)cc4c4cc(C(C)(C)C)cc-3c42)c(C)c1. The molecule has 0 saturated carbocycles. The van der Waals surface area contributed by atoms with Crippen LogP contribution in [0, 0.1) is 20.8 Å². The topological polar surface area (TPSA) is 9.86 Å². The average molecular weight is 703 g/mol. The Kier molecular flexibility index (Phi) is 6.58. The number of hydrogen-bond acceptors (Lipinski definition) is 0. The lowest BCUT2D eigenvalue weighted by Gasteiger charge is -2.35. The molecule has 2 aliphatic rings. The first-order valence-electron chi connectivity index (χ1n) is 19.9. The number of aromatic nitrogens is 2. The normalized spacial score (nSPS) is 13.9. The lowest BCUT2D eigenvalue weighted by molar-refractivity contribution is 0.590. The molecular weight excluding hydrogens is 651 g/mol. The summed E-state index contributed by atoms with van der Waals surface area (Å²) in [6, 6.07) is 36.5. The van der Waals surface area contributed by atoms with Gasteiger partial charge in [0.1, 0.15) is 0 Å². The molecule has 6 aromatic carbocycles. The van der Waals surface area contributed by atoms with Gasteiger partial charge in [-0.25, -0.2) is 0 Å². The molecule has 0 atom stereocenters. The van der Waals surface area contributed by atoms with E-state index in [4.69, 9.17) is 0 Å². The van der Waals surface area contributed by atoms with E-state index in [1.807, 2.05) is 0 Å². The molecule has 0 radical (unpaired) electrons. The molecule has 268 valence electrons. The second-order valence-corrected chi connectivity index (χ2v) is 19.7. The predicted octanol–water partition coefficient (Wildman–Crippen LogP) is 12.3. The molecule has 0 aliphatic carbocycles. The Hall–Kier alpha value is -5.02. The second-order valence-electron chi connectivity index (χ2n) is 19.7. The van der Waals surface area contributed by atoms with Gasteiger partial charge in [-0.1, -0.05) is 110 Å². The Labute approximate surface area is 320 Å². The minimum Gasteiger partial charge on any atom is -0.375 e. The number of fused-ring (bicyclic) bond motifs is 10. The number of aryl methyl sites for hydroxylation is 3. The van der Waals surface area contributed by atoms with Gasteiger partial charge in [-0.05, 0) is 141 Å². The fourth-order valence-corrected chi connectivity index (χ4v) is 10.1. The van der Waals surface area contributed by atoms with Crippen LogP contribution in [0.2, 0.25) is 0 Å². The highest BCUT2D eigenvalue weighted by Gasteiger charge is 2.42. The fraction of sp³-hybridized carbons (Fsp3) is 0.294. The molecule has 2 aliphatic heterocycles. The number of rotatable bonds is 1. The maximum absolute atomic E-state index is 2.73. The first-order valence-corrected chi connectivity index (χ1v) is 19.9. The Morgan fingerprint density at radius 3 is 1.72 bits per heavy atom.